The van der Waals surface area contributed by atoms with Gasteiger partial charge in [-0.05, 0) is 43.7 Å². The summed E-state index contributed by atoms with van der Waals surface area (Å²) < 4.78 is 6.00. The van der Waals surface area contributed by atoms with Gasteiger partial charge in [0.1, 0.15) is 12.4 Å². The summed E-state index contributed by atoms with van der Waals surface area (Å²) in [6, 6.07) is 14.3. The van der Waals surface area contributed by atoms with Crippen LogP contribution in [-0.2, 0) is 13.2 Å². The van der Waals surface area contributed by atoms with E-state index in [0.29, 0.717) is 6.61 Å². The highest BCUT2D eigenvalue weighted by molar-refractivity contribution is 6.30. The third-order valence-electron chi connectivity index (χ3n) is 3.81. The standard InChI is InChI=1S/C20H26ClNO.ClH/c1-3-4-5-12-22-14-18-13-19(21)10-11-20(18)23-15-17-8-6-16(2)7-9-17;/h6-11,13,22H,3-5,12,14-15H2,1-2H3;1H. The number of unbranched alkanes of at least 4 members (excludes halogenated alkanes) is 2. The van der Waals surface area contributed by atoms with Crippen molar-refractivity contribution < 1.29 is 4.74 Å². The minimum Gasteiger partial charge on any atom is -0.489 e. The monoisotopic (exact) mass is 367 g/mol. The summed E-state index contributed by atoms with van der Waals surface area (Å²) in [5, 5.41) is 4.22. The van der Waals surface area contributed by atoms with Crippen LogP contribution in [0, 0.1) is 6.92 Å². The van der Waals surface area contributed by atoms with Crippen molar-refractivity contribution in [2.45, 2.75) is 46.3 Å². The fourth-order valence-electron chi connectivity index (χ4n) is 2.40. The summed E-state index contributed by atoms with van der Waals surface area (Å²) >= 11 is 6.13. The fraction of sp³-hybridized carbons (Fsp3) is 0.400. The Morgan fingerprint density at radius 3 is 2.50 bits per heavy atom. The summed E-state index contributed by atoms with van der Waals surface area (Å²) in [5.74, 6) is 0.901. The zero-order chi connectivity index (χ0) is 16.5. The average molecular weight is 368 g/mol. The van der Waals surface area contributed by atoms with Crippen molar-refractivity contribution in [3.63, 3.8) is 0 Å². The molecule has 2 nitrogen and oxygen atoms in total. The van der Waals surface area contributed by atoms with Crippen molar-refractivity contribution in [2.24, 2.45) is 0 Å². The second kappa shape index (κ2) is 11.4. The molecule has 24 heavy (non-hydrogen) atoms. The first-order valence-electron chi connectivity index (χ1n) is 8.36. The number of hydrogen-bond donors (Lipinski definition) is 1. The van der Waals surface area contributed by atoms with Crippen molar-refractivity contribution in [3.8, 4) is 5.75 Å². The molecular weight excluding hydrogens is 341 g/mol. The van der Waals surface area contributed by atoms with E-state index in [1.807, 2.05) is 18.2 Å². The number of halogens is 2. The minimum atomic E-state index is 0. The molecule has 1 N–H and O–H groups in total. The quantitative estimate of drug-likeness (QED) is 0.554. The van der Waals surface area contributed by atoms with Crippen molar-refractivity contribution >= 4 is 24.0 Å². The van der Waals surface area contributed by atoms with E-state index in [-0.39, 0.29) is 12.4 Å². The van der Waals surface area contributed by atoms with Gasteiger partial charge in [-0.3, -0.25) is 0 Å². The van der Waals surface area contributed by atoms with Gasteiger partial charge >= 0.3 is 0 Å². The smallest absolute Gasteiger partial charge is 0.124 e. The van der Waals surface area contributed by atoms with E-state index in [0.717, 1.165) is 29.4 Å². The van der Waals surface area contributed by atoms with Gasteiger partial charge in [0.25, 0.3) is 0 Å². The zero-order valence-electron chi connectivity index (χ0n) is 14.5. The Kier molecular flexibility index (Phi) is 9.85. The number of aryl methyl sites for hydroxylation is 1. The van der Waals surface area contributed by atoms with Gasteiger partial charge in [-0.1, -0.05) is 61.2 Å². The zero-order valence-corrected chi connectivity index (χ0v) is 16.1. The van der Waals surface area contributed by atoms with Crippen LogP contribution in [0.3, 0.4) is 0 Å². The number of benzene rings is 2. The molecule has 0 amide bonds. The van der Waals surface area contributed by atoms with Gasteiger partial charge in [0.05, 0.1) is 0 Å². The van der Waals surface area contributed by atoms with Crippen LogP contribution >= 0.6 is 24.0 Å². The topological polar surface area (TPSA) is 21.3 Å². The first-order chi connectivity index (χ1) is 11.2. The van der Waals surface area contributed by atoms with Crippen LogP contribution in [0.2, 0.25) is 5.02 Å². The van der Waals surface area contributed by atoms with E-state index in [9.17, 15) is 0 Å². The predicted octanol–water partition coefficient (Wildman–Crippen LogP) is 5.93. The molecule has 0 radical (unpaired) electrons. The summed E-state index contributed by atoms with van der Waals surface area (Å²) in [5.41, 5.74) is 3.55. The van der Waals surface area contributed by atoms with Crippen molar-refractivity contribution in [3.05, 3.63) is 64.2 Å². The lowest BCUT2D eigenvalue weighted by molar-refractivity contribution is 0.302. The largest absolute Gasteiger partial charge is 0.489 e. The third-order valence-corrected chi connectivity index (χ3v) is 4.05. The molecule has 0 unspecified atom stereocenters. The first-order valence-corrected chi connectivity index (χ1v) is 8.74. The molecule has 2 aromatic rings. The maximum absolute atomic E-state index is 6.13. The Bertz CT molecular complexity index is 599. The van der Waals surface area contributed by atoms with Crippen LogP contribution in [0.4, 0.5) is 0 Å². The van der Waals surface area contributed by atoms with E-state index < -0.39 is 0 Å². The van der Waals surface area contributed by atoms with Gasteiger partial charge in [-0.25, -0.2) is 0 Å². The normalized spacial score (nSPS) is 10.3. The molecule has 0 aliphatic rings. The summed E-state index contributed by atoms with van der Waals surface area (Å²) in [6.45, 7) is 6.69. The second-order valence-electron chi connectivity index (χ2n) is 5.91. The molecule has 0 saturated carbocycles. The Morgan fingerprint density at radius 1 is 1.04 bits per heavy atom. The van der Waals surface area contributed by atoms with Gasteiger partial charge < -0.3 is 10.1 Å². The first kappa shape index (κ1) is 20.8. The van der Waals surface area contributed by atoms with Gasteiger partial charge in [0.2, 0.25) is 0 Å². The number of rotatable bonds is 9. The molecule has 0 atom stereocenters. The van der Waals surface area contributed by atoms with Crippen molar-refractivity contribution in [2.75, 3.05) is 6.54 Å². The fourth-order valence-corrected chi connectivity index (χ4v) is 2.59. The minimum absolute atomic E-state index is 0. The van der Waals surface area contributed by atoms with Gasteiger partial charge in [0.15, 0.2) is 0 Å². The molecule has 0 heterocycles. The highest BCUT2D eigenvalue weighted by atomic mass is 35.5. The lowest BCUT2D eigenvalue weighted by Gasteiger charge is -2.13. The third kappa shape index (κ3) is 7.12. The maximum atomic E-state index is 6.13. The van der Waals surface area contributed by atoms with Crippen molar-refractivity contribution in [1.29, 1.82) is 0 Å². The molecule has 0 aromatic heterocycles. The summed E-state index contributed by atoms with van der Waals surface area (Å²) in [7, 11) is 0. The SMILES string of the molecule is CCCCCNCc1cc(Cl)ccc1OCc1ccc(C)cc1.Cl. The molecule has 0 spiro atoms. The maximum Gasteiger partial charge on any atom is 0.124 e. The average Bonchev–Trinajstić information content (AvgIpc) is 2.55. The second-order valence-corrected chi connectivity index (χ2v) is 6.35. The van der Waals surface area contributed by atoms with Gasteiger partial charge in [-0.15, -0.1) is 12.4 Å². The highest BCUT2D eigenvalue weighted by Gasteiger charge is 2.05. The van der Waals surface area contributed by atoms with E-state index in [1.165, 1.54) is 30.4 Å². The van der Waals surface area contributed by atoms with Crippen LogP contribution in [0.25, 0.3) is 0 Å². The Hall–Kier alpha value is -1.22. The molecule has 2 rings (SSSR count). The molecule has 0 saturated heterocycles. The van der Waals surface area contributed by atoms with E-state index in [4.69, 9.17) is 16.3 Å². The summed E-state index contributed by atoms with van der Waals surface area (Å²) in [6.07, 6.45) is 3.71. The molecule has 0 aliphatic heterocycles. The molecular formula is C20H27Cl2NO. The van der Waals surface area contributed by atoms with E-state index >= 15 is 0 Å². The lowest BCUT2D eigenvalue weighted by atomic mass is 10.1. The summed E-state index contributed by atoms with van der Waals surface area (Å²) in [4.78, 5) is 0. The van der Waals surface area contributed by atoms with Gasteiger partial charge in [0, 0.05) is 17.1 Å². The van der Waals surface area contributed by atoms with E-state index in [2.05, 4.69) is 43.4 Å². The Balaban J connectivity index is 0.00000288. The number of hydrogen-bond acceptors (Lipinski definition) is 2. The van der Waals surface area contributed by atoms with E-state index in [1.54, 1.807) is 0 Å². The van der Waals surface area contributed by atoms with Crippen LogP contribution < -0.4 is 10.1 Å². The molecule has 0 bridgehead atoms. The Labute approximate surface area is 157 Å². The highest BCUT2D eigenvalue weighted by Crippen LogP contribution is 2.24. The van der Waals surface area contributed by atoms with Crippen LogP contribution in [0.15, 0.2) is 42.5 Å². The van der Waals surface area contributed by atoms with Gasteiger partial charge in [-0.2, -0.15) is 0 Å². The molecule has 2 aromatic carbocycles. The van der Waals surface area contributed by atoms with Crippen molar-refractivity contribution in [1.82, 2.24) is 5.32 Å². The Morgan fingerprint density at radius 2 is 1.79 bits per heavy atom. The predicted molar refractivity (Wildman–Crippen MR) is 105 cm³/mol. The molecule has 0 aliphatic carbocycles. The number of ether oxygens (including phenoxy) is 1. The van der Waals surface area contributed by atoms with Crippen LogP contribution in [-0.4, -0.2) is 6.54 Å². The lowest BCUT2D eigenvalue weighted by Crippen LogP contribution is -2.15. The molecule has 4 heteroatoms. The molecule has 132 valence electrons. The number of nitrogens with one attached hydrogen (secondary N) is 1. The molecule has 0 fully saturated rings. The van der Waals surface area contributed by atoms with Crippen LogP contribution in [0.5, 0.6) is 5.75 Å². The van der Waals surface area contributed by atoms with Crippen LogP contribution in [0.1, 0.15) is 42.9 Å².